The van der Waals surface area contributed by atoms with Gasteiger partial charge in [0.1, 0.15) is 5.82 Å². The van der Waals surface area contributed by atoms with E-state index in [-0.39, 0.29) is 28.8 Å². The van der Waals surface area contributed by atoms with Crippen LogP contribution in [0.5, 0.6) is 0 Å². The summed E-state index contributed by atoms with van der Waals surface area (Å²) >= 11 is 2.94. The first-order chi connectivity index (χ1) is 8.30. The van der Waals surface area contributed by atoms with Crippen molar-refractivity contribution in [1.29, 1.82) is 0 Å². The van der Waals surface area contributed by atoms with Crippen molar-refractivity contribution in [2.75, 3.05) is 10.5 Å². The fourth-order valence-electron chi connectivity index (χ4n) is 1.20. The Bertz CT molecular complexity index is 547. The molecule has 5 nitrogen and oxygen atoms in total. The summed E-state index contributed by atoms with van der Waals surface area (Å²) in [5.74, 6) is -1.84. The molecule has 0 radical (unpaired) electrons. The quantitative estimate of drug-likeness (QED) is 0.832. The predicted molar refractivity (Wildman–Crippen MR) is 68.4 cm³/mol. The van der Waals surface area contributed by atoms with Crippen molar-refractivity contribution in [2.24, 2.45) is 0 Å². The third-order valence-corrected chi connectivity index (χ3v) is 3.98. The minimum atomic E-state index is -3.62. The molecular formula is C10H11BrFNO4S. The molecule has 1 rings (SSSR count). The van der Waals surface area contributed by atoms with Crippen LogP contribution in [0.4, 0.5) is 10.1 Å². The minimum absolute atomic E-state index is 0.0209. The van der Waals surface area contributed by atoms with Gasteiger partial charge in [0.05, 0.1) is 10.2 Å². The summed E-state index contributed by atoms with van der Waals surface area (Å²) < 4.78 is 38.5. The minimum Gasteiger partial charge on any atom is -0.481 e. The van der Waals surface area contributed by atoms with Crippen molar-refractivity contribution >= 4 is 37.6 Å². The van der Waals surface area contributed by atoms with Crippen molar-refractivity contribution in [2.45, 2.75) is 12.8 Å². The number of hydrogen-bond donors (Lipinski definition) is 2. The Morgan fingerprint density at radius 3 is 2.67 bits per heavy atom. The van der Waals surface area contributed by atoms with Gasteiger partial charge in [-0.1, -0.05) is 0 Å². The van der Waals surface area contributed by atoms with Gasteiger partial charge in [-0.3, -0.25) is 9.52 Å². The van der Waals surface area contributed by atoms with Crippen LogP contribution in [0.25, 0.3) is 0 Å². The summed E-state index contributed by atoms with van der Waals surface area (Å²) in [6.45, 7) is 0. The topological polar surface area (TPSA) is 83.5 Å². The van der Waals surface area contributed by atoms with Crippen LogP contribution in [0.2, 0.25) is 0 Å². The highest BCUT2D eigenvalue weighted by Gasteiger charge is 2.12. The van der Waals surface area contributed by atoms with E-state index in [2.05, 4.69) is 20.7 Å². The summed E-state index contributed by atoms with van der Waals surface area (Å²) in [7, 11) is -3.62. The van der Waals surface area contributed by atoms with Gasteiger partial charge in [0.15, 0.2) is 0 Å². The van der Waals surface area contributed by atoms with Gasteiger partial charge in [-0.05, 0) is 40.5 Å². The fourth-order valence-corrected chi connectivity index (χ4v) is 2.69. The standard InChI is InChI=1S/C10H11BrFNO4S/c11-8-6-7(3-4-9(8)12)13-18(16,17)5-1-2-10(14)15/h3-4,6,13H,1-2,5H2,(H,14,15). The summed E-state index contributed by atoms with van der Waals surface area (Å²) in [6, 6.07) is 3.71. The van der Waals surface area contributed by atoms with Crippen molar-refractivity contribution in [3.05, 3.63) is 28.5 Å². The second-order valence-corrected chi connectivity index (χ2v) is 6.24. The average Bonchev–Trinajstić information content (AvgIpc) is 2.22. The fraction of sp³-hybridized carbons (Fsp3) is 0.300. The molecule has 0 aliphatic rings. The lowest BCUT2D eigenvalue weighted by Crippen LogP contribution is -2.17. The van der Waals surface area contributed by atoms with Gasteiger partial charge in [-0.25, -0.2) is 12.8 Å². The summed E-state index contributed by atoms with van der Waals surface area (Å²) in [5, 5.41) is 8.40. The van der Waals surface area contributed by atoms with Crippen LogP contribution in [-0.4, -0.2) is 25.2 Å². The molecule has 0 bridgehead atoms. The monoisotopic (exact) mass is 339 g/mol. The molecule has 0 atom stereocenters. The molecule has 0 fully saturated rings. The third-order valence-electron chi connectivity index (χ3n) is 2.00. The molecule has 0 amide bonds. The molecule has 1 aromatic rings. The number of anilines is 1. The Morgan fingerprint density at radius 2 is 2.11 bits per heavy atom. The van der Waals surface area contributed by atoms with Crippen molar-refractivity contribution in [1.82, 2.24) is 0 Å². The molecule has 0 aliphatic carbocycles. The van der Waals surface area contributed by atoms with Crippen molar-refractivity contribution in [3.63, 3.8) is 0 Å². The number of carbonyl (C=O) groups is 1. The van der Waals surface area contributed by atoms with Gasteiger partial charge in [-0.15, -0.1) is 0 Å². The largest absolute Gasteiger partial charge is 0.481 e. The molecular weight excluding hydrogens is 329 g/mol. The summed E-state index contributed by atoms with van der Waals surface area (Å²) in [6.07, 6.45) is -0.193. The number of aliphatic carboxylic acids is 1. The van der Waals surface area contributed by atoms with Gasteiger partial charge in [0.2, 0.25) is 10.0 Å². The highest BCUT2D eigenvalue weighted by molar-refractivity contribution is 9.10. The number of halogens is 2. The van der Waals surface area contributed by atoms with Crippen molar-refractivity contribution < 1.29 is 22.7 Å². The first-order valence-corrected chi connectivity index (χ1v) is 7.42. The molecule has 0 heterocycles. The van der Waals surface area contributed by atoms with E-state index in [0.29, 0.717) is 0 Å². The lowest BCUT2D eigenvalue weighted by molar-refractivity contribution is -0.137. The van der Waals surface area contributed by atoms with Crippen LogP contribution in [0.15, 0.2) is 22.7 Å². The molecule has 18 heavy (non-hydrogen) atoms. The van der Waals surface area contributed by atoms with Crippen LogP contribution < -0.4 is 4.72 Å². The van der Waals surface area contributed by atoms with Gasteiger partial charge < -0.3 is 5.11 Å². The van der Waals surface area contributed by atoms with Gasteiger partial charge in [-0.2, -0.15) is 0 Å². The Labute approximate surface area is 112 Å². The van der Waals surface area contributed by atoms with Crippen LogP contribution >= 0.6 is 15.9 Å². The number of carboxylic acid groups (broad SMARTS) is 1. The molecule has 0 saturated heterocycles. The molecule has 0 saturated carbocycles. The Hall–Kier alpha value is -1.15. The maximum Gasteiger partial charge on any atom is 0.303 e. The average molecular weight is 340 g/mol. The van der Waals surface area contributed by atoms with E-state index in [1.807, 2.05) is 0 Å². The zero-order valence-corrected chi connectivity index (χ0v) is 11.6. The third kappa shape index (κ3) is 5.01. The van der Waals surface area contributed by atoms with Crippen LogP contribution in [0.1, 0.15) is 12.8 Å². The molecule has 0 aliphatic heterocycles. The zero-order chi connectivity index (χ0) is 13.8. The molecule has 2 N–H and O–H groups in total. The number of benzene rings is 1. The molecule has 8 heteroatoms. The first kappa shape index (κ1) is 14.9. The van der Waals surface area contributed by atoms with E-state index in [1.165, 1.54) is 12.1 Å². The van der Waals surface area contributed by atoms with E-state index < -0.39 is 21.8 Å². The second kappa shape index (κ2) is 6.14. The van der Waals surface area contributed by atoms with Gasteiger partial charge >= 0.3 is 5.97 Å². The lowest BCUT2D eigenvalue weighted by Gasteiger charge is -2.07. The van der Waals surface area contributed by atoms with E-state index >= 15 is 0 Å². The lowest BCUT2D eigenvalue weighted by atomic mass is 10.3. The predicted octanol–water partition coefficient (Wildman–Crippen LogP) is 2.19. The SMILES string of the molecule is O=C(O)CCCS(=O)(=O)Nc1ccc(F)c(Br)c1. The second-order valence-electron chi connectivity index (χ2n) is 3.55. The molecule has 0 unspecified atom stereocenters. The van der Waals surface area contributed by atoms with Gasteiger partial charge in [0, 0.05) is 12.1 Å². The van der Waals surface area contributed by atoms with E-state index in [1.54, 1.807) is 0 Å². The number of hydrogen-bond acceptors (Lipinski definition) is 3. The number of nitrogens with one attached hydrogen (secondary N) is 1. The number of carboxylic acids is 1. The van der Waals surface area contributed by atoms with E-state index in [4.69, 9.17) is 5.11 Å². The smallest absolute Gasteiger partial charge is 0.303 e. The van der Waals surface area contributed by atoms with Crippen LogP contribution in [0, 0.1) is 5.82 Å². The highest BCUT2D eigenvalue weighted by atomic mass is 79.9. The van der Waals surface area contributed by atoms with Crippen molar-refractivity contribution in [3.8, 4) is 0 Å². The molecule has 0 spiro atoms. The molecule has 100 valence electrons. The van der Waals surface area contributed by atoms with E-state index in [0.717, 1.165) is 6.07 Å². The maximum atomic E-state index is 12.9. The van der Waals surface area contributed by atoms with Crippen LogP contribution in [0.3, 0.4) is 0 Å². The summed E-state index contributed by atoms with van der Waals surface area (Å²) in [4.78, 5) is 10.3. The van der Waals surface area contributed by atoms with Crippen LogP contribution in [-0.2, 0) is 14.8 Å². The van der Waals surface area contributed by atoms with E-state index in [9.17, 15) is 17.6 Å². The molecule has 0 aromatic heterocycles. The Balaban J connectivity index is 2.64. The molecule has 1 aromatic carbocycles. The highest BCUT2D eigenvalue weighted by Crippen LogP contribution is 2.20. The number of rotatable bonds is 6. The maximum absolute atomic E-state index is 12.9. The number of sulfonamides is 1. The zero-order valence-electron chi connectivity index (χ0n) is 9.19. The van der Waals surface area contributed by atoms with Gasteiger partial charge in [0.25, 0.3) is 0 Å². The Kier molecular flexibility index (Phi) is 5.09. The summed E-state index contributed by atoms with van der Waals surface area (Å²) in [5.41, 5.74) is 0.221. The normalized spacial score (nSPS) is 11.2. The first-order valence-electron chi connectivity index (χ1n) is 4.97. The Morgan fingerprint density at radius 1 is 1.44 bits per heavy atom.